The third-order valence-corrected chi connectivity index (χ3v) is 4.80. The molecule has 2 amide bonds. The molecular weight excluding hydrogens is 338 g/mol. The molecule has 1 atom stereocenters. The minimum atomic E-state index is -0.159. The molecule has 1 heterocycles. The molecule has 1 aliphatic heterocycles. The van der Waals surface area contributed by atoms with Crippen molar-refractivity contribution >= 4 is 23.2 Å². The van der Waals surface area contributed by atoms with E-state index in [0.29, 0.717) is 16.9 Å². The topological polar surface area (TPSA) is 61.4 Å². The van der Waals surface area contributed by atoms with Crippen LogP contribution >= 0.6 is 0 Å². The number of anilines is 2. The van der Waals surface area contributed by atoms with Crippen LogP contribution in [0.4, 0.5) is 11.4 Å². The van der Waals surface area contributed by atoms with Crippen LogP contribution in [0.5, 0.6) is 0 Å². The highest BCUT2D eigenvalue weighted by molar-refractivity contribution is 6.04. The van der Waals surface area contributed by atoms with E-state index >= 15 is 0 Å². The Balaban J connectivity index is 1.59. The van der Waals surface area contributed by atoms with Crippen molar-refractivity contribution in [3.05, 3.63) is 59.7 Å². The van der Waals surface area contributed by atoms with Gasteiger partial charge in [-0.3, -0.25) is 14.5 Å². The summed E-state index contributed by atoms with van der Waals surface area (Å²) in [5.74, 6) is 0.461. The molecule has 5 heteroatoms. The number of likely N-dealkylation sites (tertiary alicyclic amines) is 1. The fourth-order valence-electron chi connectivity index (χ4n) is 3.53. The number of rotatable bonds is 5. The van der Waals surface area contributed by atoms with Crippen LogP contribution in [0.25, 0.3) is 0 Å². The van der Waals surface area contributed by atoms with Crippen LogP contribution in [0.1, 0.15) is 42.6 Å². The first kappa shape index (κ1) is 19.1. The van der Waals surface area contributed by atoms with E-state index in [-0.39, 0.29) is 11.8 Å². The van der Waals surface area contributed by atoms with Gasteiger partial charge in [-0.2, -0.15) is 0 Å². The van der Waals surface area contributed by atoms with Gasteiger partial charge in [0, 0.05) is 37.0 Å². The lowest BCUT2D eigenvalue weighted by Gasteiger charge is -2.30. The maximum Gasteiger partial charge on any atom is 0.255 e. The molecule has 2 aromatic carbocycles. The number of nitrogens with one attached hydrogen (secondary N) is 2. The van der Waals surface area contributed by atoms with E-state index in [1.807, 2.05) is 24.3 Å². The average molecular weight is 365 g/mol. The molecule has 0 aliphatic carbocycles. The number of piperidine rings is 1. The van der Waals surface area contributed by atoms with E-state index < -0.39 is 0 Å². The number of amides is 2. The number of carbonyl (C=O) groups excluding carboxylic acids is 2. The van der Waals surface area contributed by atoms with Gasteiger partial charge in [-0.25, -0.2) is 0 Å². The van der Waals surface area contributed by atoms with Crippen molar-refractivity contribution in [2.75, 3.05) is 23.7 Å². The van der Waals surface area contributed by atoms with Crippen LogP contribution < -0.4 is 10.6 Å². The van der Waals surface area contributed by atoms with Crippen molar-refractivity contribution in [2.45, 2.75) is 33.2 Å². The molecule has 27 heavy (non-hydrogen) atoms. The Morgan fingerprint density at radius 2 is 1.78 bits per heavy atom. The van der Waals surface area contributed by atoms with Gasteiger partial charge in [0.15, 0.2) is 0 Å². The Bertz CT molecular complexity index is 801. The zero-order valence-corrected chi connectivity index (χ0v) is 16.0. The zero-order chi connectivity index (χ0) is 19.2. The van der Waals surface area contributed by atoms with Gasteiger partial charge < -0.3 is 10.6 Å². The number of nitrogens with zero attached hydrogens (tertiary/aromatic N) is 1. The van der Waals surface area contributed by atoms with Crippen LogP contribution in [0.15, 0.2) is 48.5 Å². The van der Waals surface area contributed by atoms with Gasteiger partial charge in [-0.15, -0.1) is 0 Å². The molecule has 5 nitrogen and oxygen atoms in total. The number of carbonyl (C=O) groups is 2. The molecule has 2 aromatic rings. The summed E-state index contributed by atoms with van der Waals surface area (Å²) in [6, 6.07) is 14.9. The molecule has 1 saturated heterocycles. The summed E-state index contributed by atoms with van der Waals surface area (Å²) in [6.07, 6.45) is 2.58. The highest BCUT2D eigenvalue weighted by Crippen LogP contribution is 2.19. The smallest absolute Gasteiger partial charge is 0.255 e. The van der Waals surface area contributed by atoms with Crippen LogP contribution in [-0.2, 0) is 11.3 Å². The van der Waals surface area contributed by atoms with Crippen molar-refractivity contribution in [1.29, 1.82) is 0 Å². The van der Waals surface area contributed by atoms with Gasteiger partial charge in [-0.05, 0) is 61.2 Å². The lowest BCUT2D eigenvalue weighted by atomic mass is 9.99. The summed E-state index contributed by atoms with van der Waals surface area (Å²) in [5, 5.41) is 5.59. The van der Waals surface area contributed by atoms with E-state index in [1.165, 1.54) is 25.3 Å². The molecule has 3 rings (SSSR count). The molecule has 2 N–H and O–H groups in total. The van der Waals surface area contributed by atoms with Crippen LogP contribution in [0.2, 0.25) is 0 Å². The highest BCUT2D eigenvalue weighted by atomic mass is 16.2. The molecule has 0 aromatic heterocycles. The van der Waals surface area contributed by atoms with Crippen molar-refractivity contribution in [3.63, 3.8) is 0 Å². The third-order valence-electron chi connectivity index (χ3n) is 4.80. The molecule has 1 aliphatic rings. The van der Waals surface area contributed by atoms with Crippen LogP contribution in [0.3, 0.4) is 0 Å². The predicted octanol–water partition coefficient (Wildman–Crippen LogP) is 4.13. The summed E-state index contributed by atoms with van der Waals surface area (Å²) in [4.78, 5) is 26.1. The van der Waals surface area contributed by atoms with Crippen LogP contribution in [-0.4, -0.2) is 29.8 Å². The standard InChI is InChI=1S/C22H27N3O2/c1-16-5-4-12-25(14-16)15-18-8-10-19(11-9-18)22(27)24-21-7-3-6-20(13-21)23-17(2)26/h3,6-11,13,16H,4-5,12,14-15H2,1-2H3,(H,23,26)(H,24,27)/t16-/m0/s1. The second-order valence-electron chi connectivity index (χ2n) is 7.40. The molecule has 0 bridgehead atoms. The SMILES string of the molecule is CC(=O)Nc1cccc(NC(=O)c2ccc(CN3CCC[C@H](C)C3)cc2)c1. The minimum Gasteiger partial charge on any atom is -0.326 e. The van der Waals surface area contributed by atoms with Gasteiger partial charge in [0.05, 0.1) is 0 Å². The Morgan fingerprint density at radius 3 is 2.44 bits per heavy atom. The van der Waals surface area contributed by atoms with Gasteiger partial charge in [-0.1, -0.05) is 25.1 Å². The van der Waals surface area contributed by atoms with Crippen molar-refractivity contribution in [3.8, 4) is 0 Å². The minimum absolute atomic E-state index is 0.142. The molecule has 1 fully saturated rings. The van der Waals surface area contributed by atoms with Crippen LogP contribution in [0, 0.1) is 5.92 Å². The first-order valence-corrected chi connectivity index (χ1v) is 9.50. The van der Waals surface area contributed by atoms with Crippen molar-refractivity contribution < 1.29 is 9.59 Å². The number of hydrogen-bond donors (Lipinski definition) is 2. The number of benzene rings is 2. The Hall–Kier alpha value is -2.66. The van der Waals surface area contributed by atoms with E-state index in [9.17, 15) is 9.59 Å². The first-order chi connectivity index (χ1) is 13.0. The molecular formula is C22H27N3O2. The van der Waals surface area contributed by atoms with E-state index in [0.717, 1.165) is 25.6 Å². The second-order valence-corrected chi connectivity index (χ2v) is 7.40. The Labute approximate surface area is 160 Å². The van der Waals surface area contributed by atoms with Gasteiger partial charge in [0.2, 0.25) is 5.91 Å². The fourth-order valence-corrected chi connectivity index (χ4v) is 3.53. The maximum atomic E-state index is 12.5. The lowest BCUT2D eigenvalue weighted by Crippen LogP contribution is -2.33. The first-order valence-electron chi connectivity index (χ1n) is 9.50. The second kappa shape index (κ2) is 8.82. The molecule has 142 valence electrons. The monoisotopic (exact) mass is 365 g/mol. The molecule has 0 unspecified atom stereocenters. The van der Waals surface area contributed by atoms with E-state index in [1.54, 1.807) is 24.3 Å². The highest BCUT2D eigenvalue weighted by Gasteiger charge is 2.16. The summed E-state index contributed by atoms with van der Waals surface area (Å²) >= 11 is 0. The predicted molar refractivity (Wildman–Crippen MR) is 109 cm³/mol. The largest absolute Gasteiger partial charge is 0.326 e. The summed E-state index contributed by atoms with van der Waals surface area (Å²) in [5.41, 5.74) is 3.16. The quantitative estimate of drug-likeness (QED) is 0.837. The summed E-state index contributed by atoms with van der Waals surface area (Å²) < 4.78 is 0. The Morgan fingerprint density at radius 1 is 1.07 bits per heavy atom. The summed E-state index contributed by atoms with van der Waals surface area (Å²) in [6.45, 7) is 6.99. The fraction of sp³-hybridized carbons (Fsp3) is 0.364. The average Bonchev–Trinajstić information content (AvgIpc) is 2.62. The summed E-state index contributed by atoms with van der Waals surface area (Å²) in [7, 11) is 0. The molecule has 0 saturated carbocycles. The van der Waals surface area contributed by atoms with Gasteiger partial charge >= 0.3 is 0 Å². The Kier molecular flexibility index (Phi) is 6.24. The maximum absolute atomic E-state index is 12.5. The van der Waals surface area contributed by atoms with Crippen molar-refractivity contribution in [1.82, 2.24) is 4.90 Å². The van der Waals surface area contributed by atoms with Gasteiger partial charge in [0.25, 0.3) is 5.91 Å². The third kappa shape index (κ3) is 5.66. The zero-order valence-electron chi connectivity index (χ0n) is 16.0. The van der Waals surface area contributed by atoms with Crippen molar-refractivity contribution in [2.24, 2.45) is 5.92 Å². The lowest BCUT2D eigenvalue weighted by molar-refractivity contribution is -0.114. The normalized spacial score (nSPS) is 17.3. The van der Waals surface area contributed by atoms with E-state index in [2.05, 4.69) is 22.5 Å². The number of hydrogen-bond acceptors (Lipinski definition) is 3. The van der Waals surface area contributed by atoms with Gasteiger partial charge in [0.1, 0.15) is 0 Å². The molecule has 0 radical (unpaired) electrons. The van der Waals surface area contributed by atoms with E-state index in [4.69, 9.17) is 0 Å². The molecule has 0 spiro atoms.